The van der Waals surface area contributed by atoms with Gasteiger partial charge in [-0.05, 0) is 134 Å². The van der Waals surface area contributed by atoms with Crippen LogP contribution in [-0.2, 0) is 0 Å². The molecule has 8 rings (SSSR count). The lowest BCUT2D eigenvalue weighted by Gasteiger charge is -2.33. The van der Waals surface area contributed by atoms with E-state index in [4.69, 9.17) is 70.8 Å². The molecule has 2 N–H and O–H groups in total. The van der Waals surface area contributed by atoms with E-state index >= 15 is 9.59 Å². The van der Waals surface area contributed by atoms with E-state index < -0.39 is 17.0 Å². The molecular weight excluding hydrogens is 766 g/mol. The van der Waals surface area contributed by atoms with Crippen LogP contribution in [0.4, 0.5) is 11.6 Å². The minimum atomic E-state index is -0.924. The molecule has 0 saturated carbocycles. The molecule has 0 aliphatic carbocycles. The maximum Gasteiger partial charge on any atom is 0.265 e. The minimum Gasteiger partial charge on any atom is -0.364 e. The number of fused-ring (bicyclic) bond motifs is 2. The number of H-pyrrole nitrogens is 1. The number of hydrogen-bond acceptors (Lipinski definition) is 5. The van der Waals surface area contributed by atoms with Crippen molar-refractivity contribution in [2.24, 2.45) is 0 Å². The Kier molecular flexibility index (Phi) is 8.62. The van der Waals surface area contributed by atoms with Crippen LogP contribution < -0.4 is 16.4 Å². The topological polar surface area (TPSA) is 81.7 Å². The van der Waals surface area contributed by atoms with E-state index in [1.165, 1.54) is 9.13 Å². The van der Waals surface area contributed by atoms with Crippen LogP contribution >= 0.6 is 70.8 Å². The summed E-state index contributed by atoms with van der Waals surface area (Å²) in [5.74, 6) is -0.220. The predicted molar refractivity (Wildman–Crippen MR) is 209 cm³/mol. The van der Waals surface area contributed by atoms with Gasteiger partial charge in [-0.15, -0.1) is 0 Å². The van der Waals surface area contributed by atoms with Gasteiger partial charge in [-0.3, -0.25) is 27.9 Å². The summed E-state index contributed by atoms with van der Waals surface area (Å²) >= 11 is 37.4. The fourth-order valence-electron chi connectivity index (χ4n) is 6.40. The standard InChI is InChI=1S/C37H22Cl4N6O2S2/c38-20-3-11-24(12-4-20)44-32-30(34(48)46(36(44)50)26-15-7-22(40)8-16-26)29(28-2-1-19-42-28)31-33(43-32)45(25-13-5-21(39)6-14-25)37(51)47(35(31)49)27-17-9-23(41)10-18-27/h1-19,29,42-43H. The molecule has 0 radical (unpaired) electrons. The number of benzene rings is 4. The van der Waals surface area contributed by atoms with E-state index in [1.807, 2.05) is 12.1 Å². The minimum absolute atomic E-state index is 0.163. The zero-order valence-corrected chi connectivity index (χ0v) is 30.6. The predicted octanol–water partition coefficient (Wildman–Crippen LogP) is 10.2. The highest BCUT2D eigenvalue weighted by molar-refractivity contribution is 7.71. The maximum absolute atomic E-state index is 15.0. The van der Waals surface area contributed by atoms with Crippen molar-refractivity contribution in [2.45, 2.75) is 5.92 Å². The maximum atomic E-state index is 15.0. The first-order valence-corrected chi connectivity index (χ1v) is 17.7. The van der Waals surface area contributed by atoms with Crippen LogP contribution in [0, 0.1) is 9.54 Å². The molecule has 1 aliphatic heterocycles. The van der Waals surface area contributed by atoms with Gasteiger partial charge in [0.1, 0.15) is 11.6 Å². The molecule has 7 aromatic rings. The molecule has 51 heavy (non-hydrogen) atoms. The lowest BCUT2D eigenvalue weighted by Crippen LogP contribution is -2.39. The lowest BCUT2D eigenvalue weighted by atomic mass is 9.87. The van der Waals surface area contributed by atoms with Gasteiger partial charge in [0, 0.05) is 43.4 Å². The summed E-state index contributed by atoms with van der Waals surface area (Å²) in [7, 11) is 0. The Labute approximate surface area is 320 Å². The fraction of sp³-hybridized carbons (Fsp3) is 0.0270. The van der Waals surface area contributed by atoms with Crippen molar-refractivity contribution in [3.8, 4) is 22.7 Å². The molecule has 0 atom stereocenters. The zero-order chi connectivity index (χ0) is 35.6. The molecule has 0 amide bonds. The van der Waals surface area contributed by atoms with E-state index in [2.05, 4.69) is 10.3 Å². The number of nitrogens with zero attached hydrogens (tertiary/aromatic N) is 4. The van der Waals surface area contributed by atoms with Crippen molar-refractivity contribution in [2.75, 3.05) is 5.32 Å². The molecule has 8 nitrogen and oxygen atoms in total. The molecule has 0 fully saturated rings. The van der Waals surface area contributed by atoms with Crippen molar-refractivity contribution in [3.63, 3.8) is 0 Å². The van der Waals surface area contributed by atoms with Crippen molar-refractivity contribution in [1.82, 2.24) is 23.3 Å². The molecule has 14 heteroatoms. The lowest BCUT2D eigenvalue weighted by molar-refractivity contribution is 0.739. The SMILES string of the molecule is O=c1c2c(n(-c3ccc(Cl)cc3)c(=S)n1-c1ccc(Cl)cc1)Nc1c(c(=O)n(-c3ccc(Cl)cc3)c(=S)n1-c1ccc(Cl)cc1)C2c1ccc[nH]1. The second kappa shape index (κ2) is 13.1. The summed E-state index contributed by atoms with van der Waals surface area (Å²) < 4.78 is 6.72. The average Bonchev–Trinajstić information content (AvgIpc) is 3.66. The Bertz CT molecular complexity index is 2550. The summed E-state index contributed by atoms with van der Waals surface area (Å²) in [6, 6.07) is 31.4. The largest absolute Gasteiger partial charge is 0.364 e. The normalized spacial score (nSPS) is 12.3. The molecule has 3 aromatic heterocycles. The van der Waals surface area contributed by atoms with E-state index in [1.54, 1.807) is 112 Å². The highest BCUT2D eigenvalue weighted by atomic mass is 35.5. The van der Waals surface area contributed by atoms with Crippen LogP contribution in [0.3, 0.4) is 0 Å². The van der Waals surface area contributed by atoms with Gasteiger partial charge in [0.15, 0.2) is 9.54 Å². The third-order valence-corrected chi connectivity index (χ3v) is 10.4. The summed E-state index contributed by atoms with van der Waals surface area (Å²) in [5, 5.41) is 5.51. The number of rotatable bonds is 5. The molecule has 0 bridgehead atoms. The van der Waals surface area contributed by atoms with Crippen LogP contribution in [0.5, 0.6) is 0 Å². The van der Waals surface area contributed by atoms with Gasteiger partial charge < -0.3 is 10.3 Å². The number of anilines is 2. The van der Waals surface area contributed by atoms with Gasteiger partial charge in [0.25, 0.3) is 11.1 Å². The molecule has 4 aromatic carbocycles. The Balaban J connectivity index is 1.56. The highest BCUT2D eigenvalue weighted by Crippen LogP contribution is 2.43. The van der Waals surface area contributed by atoms with Gasteiger partial charge in [-0.25, -0.2) is 0 Å². The van der Waals surface area contributed by atoms with Crippen LogP contribution in [0.2, 0.25) is 20.1 Å². The smallest absolute Gasteiger partial charge is 0.265 e. The Hall–Kier alpha value is -4.68. The first-order chi connectivity index (χ1) is 24.6. The summed E-state index contributed by atoms with van der Waals surface area (Å²) in [5.41, 5.74) is 2.49. The molecule has 0 unspecified atom stereocenters. The molecule has 252 valence electrons. The average molecular weight is 789 g/mol. The molecule has 0 saturated heterocycles. The first kappa shape index (κ1) is 33.5. The summed E-state index contributed by atoms with van der Waals surface area (Å²) in [6.07, 6.45) is 1.75. The van der Waals surface area contributed by atoms with E-state index in [-0.39, 0.29) is 20.7 Å². The number of nitrogens with one attached hydrogen (secondary N) is 2. The Morgan fingerprint density at radius 1 is 0.490 bits per heavy atom. The fourth-order valence-corrected chi connectivity index (χ4v) is 7.68. The first-order valence-electron chi connectivity index (χ1n) is 15.4. The monoisotopic (exact) mass is 786 g/mol. The van der Waals surface area contributed by atoms with Crippen molar-refractivity contribution >= 4 is 82.5 Å². The molecular formula is C37H22Cl4N6O2S2. The second-order valence-corrected chi connectivity index (χ2v) is 14.1. The van der Waals surface area contributed by atoms with Crippen molar-refractivity contribution < 1.29 is 0 Å². The van der Waals surface area contributed by atoms with Gasteiger partial charge in [0.2, 0.25) is 0 Å². The van der Waals surface area contributed by atoms with E-state index in [9.17, 15) is 0 Å². The summed E-state index contributed by atoms with van der Waals surface area (Å²) in [4.78, 5) is 33.4. The second-order valence-electron chi connectivity index (χ2n) is 11.6. The van der Waals surface area contributed by atoms with Crippen LogP contribution in [0.25, 0.3) is 22.7 Å². The van der Waals surface area contributed by atoms with Crippen molar-refractivity contribution in [3.05, 3.63) is 183 Å². The third kappa shape index (κ3) is 5.68. The van der Waals surface area contributed by atoms with E-state index in [0.29, 0.717) is 60.2 Å². The number of halogens is 4. The van der Waals surface area contributed by atoms with Crippen LogP contribution in [-0.4, -0.2) is 23.3 Å². The van der Waals surface area contributed by atoms with Gasteiger partial charge in [-0.2, -0.15) is 0 Å². The third-order valence-electron chi connectivity index (χ3n) is 8.68. The Morgan fingerprint density at radius 2 is 0.824 bits per heavy atom. The highest BCUT2D eigenvalue weighted by Gasteiger charge is 2.39. The number of aromatic amines is 1. The zero-order valence-electron chi connectivity index (χ0n) is 26.0. The molecule has 4 heterocycles. The van der Waals surface area contributed by atoms with Gasteiger partial charge >= 0.3 is 0 Å². The number of hydrogen-bond donors (Lipinski definition) is 2. The van der Waals surface area contributed by atoms with Crippen molar-refractivity contribution in [1.29, 1.82) is 0 Å². The van der Waals surface area contributed by atoms with Crippen LogP contribution in [0.1, 0.15) is 22.7 Å². The molecule has 1 aliphatic rings. The molecule has 0 spiro atoms. The van der Waals surface area contributed by atoms with E-state index in [0.717, 1.165) is 0 Å². The van der Waals surface area contributed by atoms with Gasteiger partial charge in [0.05, 0.1) is 28.4 Å². The number of aromatic nitrogens is 5. The Morgan fingerprint density at radius 3 is 1.14 bits per heavy atom. The van der Waals surface area contributed by atoms with Gasteiger partial charge in [-0.1, -0.05) is 46.4 Å². The quantitative estimate of drug-likeness (QED) is 0.170. The summed E-state index contributed by atoms with van der Waals surface area (Å²) in [6.45, 7) is 0. The van der Waals surface area contributed by atoms with Crippen LogP contribution in [0.15, 0.2) is 125 Å².